The summed E-state index contributed by atoms with van der Waals surface area (Å²) in [4.78, 5) is 14.3. The van der Waals surface area contributed by atoms with Crippen molar-refractivity contribution in [1.82, 2.24) is 9.72 Å². The van der Waals surface area contributed by atoms with Gasteiger partial charge in [-0.3, -0.25) is 4.79 Å². The molecule has 4 nitrogen and oxygen atoms in total. The Morgan fingerprint density at radius 2 is 1.74 bits per heavy atom. The van der Waals surface area contributed by atoms with Crippen molar-refractivity contribution in [3.8, 4) is 0 Å². The van der Waals surface area contributed by atoms with Crippen molar-refractivity contribution in [3.05, 3.63) is 66.4 Å². The minimum atomic E-state index is -0.0519. The highest BCUT2D eigenvalue weighted by Gasteiger charge is 2.12. The number of hydrogen-bond acceptors (Lipinski definition) is 2. The Balaban J connectivity index is 2.00. The number of nitrogens with one attached hydrogen (secondary N) is 1. The molecule has 2 heterocycles. The van der Waals surface area contributed by atoms with E-state index >= 15 is 0 Å². The molecule has 0 aliphatic carbocycles. The molecule has 0 radical (unpaired) electrons. The molecule has 0 atom stereocenters. The number of nitrogens with zero attached hydrogens (tertiary/aromatic N) is 2. The third-order valence-corrected chi connectivity index (χ3v) is 3.80. The second-order valence-corrected chi connectivity index (χ2v) is 5.93. The van der Waals surface area contributed by atoms with E-state index in [1.165, 1.54) is 0 Å². The van der Waals surface area contributed by atoms with Gasteiger partial charge in [0.15, 0.2) is 0 Å². The highest BCUT2D eigenvalue weighted by Crippen LogP contribution is 2.26. The van der Waals surface area contributed by atoms with Crippen LogP contribution >= 0.6 is 0 Å². The maximum atomic E-state index is 12.2. The minimum Gasteiger partial charge on any atom is -0.350 e. The normalized spacial score (nSPS) is 11.0. The zero-order valence-electron chi connectivity index (χ0n) is 13.7. The maximum Gasteiger partial charge on any atom is 0.252 e. The van der Waals surface area contributed by atoms with Crippen LogP contribution in [-0.2, 0) is 0 Å². The number of hydrogen-bond donors (Lipinski definition) is 1. The average molecular weight is 307 g/mol. The number of carbonyl (C=O) groups excluding carboxylic acids is 1. The van der Waals surface area contributed by atoms with Crippen molar-refractivity contribution >= 4 is 22.9 Å². The summed E-state index contributed by atoms with van der Waals surface area (Å²) in [5.74, 6) is 0.967. The number of aromatic nitrogens is 1. The molecule has 23 heavy (non-hydrogen) atoms. The van der Waals surface area contributed by atoms with Crippen molar-refractivity contribution < 1.29 is 4.79 Å². The van der Waals surface area contributed by atoms with Gasteiger partial charge in [0, 0.05) is 30.5 Å². The zero-order valence-corrected chi connectivity index (χ0v) is 13.7. The smallest absolute Gasteiger partial charge is 0.252 e. The molecular formula is C19H21N3O. The Hall–Kier alpha value is -2.75. The molecule has 2 aromatic heterocycles. The summed E-state index contributed by atoms with van der Waals surface area (Å²) >= 11 is 0. The topological polar surface area (TPSA) is 36.8 Å². The van der Waals surface area contributed by atoms with Gasteiger partial charge >= 0.3 is 0 Å². The summed E-state index contributed by atoms with van der Waals surface area (Å²) in [6.07, 6.45) is 1.89. The van der Waals surface area contributed by atoms with E-state index < -0.39 is 0 Å². The SMILES string of the molecule is CC(C)NC(=O)c1ccc2ccc(N(C)c3ccccc3)n2c1. The number of fused-ring (bicyclic) bond motifs is 1. The lowest BCUT2D eigenvalue weighted by Gasteiger charge is -2.19. The lowest BCUT2D eigenvalue weighted by Crippen LogP contribution is -2.30. The van der Waals surface area contributed by atoms with E-state index in [9.17, 15) is 4.79 Å². The summed E-state index contributed by atoms with van der Waals surface area (Å²) in [6, 6.07) is 18.2. The van der Waals surface area contributed by atoms with Crippen LogP contribution in [0.5, 0.6) is 0 Å². The molecule has 3 aromatic rings. The van der Waals surface area contributed by atoms with Gasteiger partial charge < -0.3 is 14.6 Å². The Labute approximate surface area is 136 Å². The van der Waals surface area contributed by atoms with E-state index in [0.717, 1.165) is 17.0 Å². The molecule has 0 aliphatic rings. The van der Waals surface area contributed by atoms with Crippen molar-refractivity contribution in [2.75, 3.05) is 11.9 Å². The van der Waals surface area contributed by atoms with E-state index in [1.807, 2.05) is 61.8 Å². The van der Waals surface area contributed by atoms with Gasteiger partial charge in [-0.15, -0.1) is 0 Å². The third-order valence-electron chi connectivity index (χ3n) is 3.80. The largest absolute Gasteiger partial charge is 0.350 e. The minimum absolute atomic E-state index is 0.0519. The van der Waals surface area contributed by atoms with Gasteiger partial charge in [0.25, 0.3) is 5.91 Å². The first-order valence-electron chi connectivity index (χ1n) is 7.77. The fourth-order valence-corrected chi connectivity index (χ4v) is 2.62. The molecule has 118 valence electrons. The summed E-state index contributed by atoms with van der Waals surface area (Å²) in [5.41, 5.74) is 2.82. The Kier molecular flexibility index (Phi) is 4.06. The predicted octanol–water partition coefficient (Wildman–Crippen LogP) is 3.85. The van der Waals surface area contributed by atoms with Crippen molar-refractivity contribution in [1.29, 1.82) is 0 Å². The molecule has 3 rings (SSSR count). The Morgan fingerprint density at radius 3 is 2.43 bits per heavy atom. The maximum absolute atomic E-state index is 12.2. The molecule has 0 bridgehead atoms. The Bertz CT molecular complexity index is 821. The monoisotopic (exact) mass is 307 g/mol. The number of para-hydroxylation sites is 1. The fourth-order valence-electron chi connectivity index (χ4n) is 2.62. The quantitative estimate of drug-likeness (QED) is 0.795. The second kappa shape index (κ2) is 6.16. The first-order valence-corrected chi connectivity index (χ1v) is 7.77. The number of anilines is 2. The molecule has 0 fully saturated rings. The van der Waals surface area contributed by atoms with Gasteiger partial charge in [0.2, 0.25) is 0 Å². The highest BCUT2D eigenvalue weighted by molar-refractivity contribution is 5.94. The molecule has 1 N–H and O–H groups in total. The van der Waals surface area contributed by atoms with Crippen molar-refractivity contribution in [2.45, 2.75) is 19.9 Å². The lowest BCUT2D eigenvalue weighted by atomic mass is 10.2. The number of amides is 1. The number of rotatable bonds is 4. The van der Waals surface area contributed by atoms with Crippen LogP contribution in [0, 0.1) is 0 Å². The predicted molar refractivity (Wildman–Crippen MR) is 94.5 cm³/mol. The van der Waals surface area contributed by atoms with Gasteiger partial charge in [-0.25, -0.2) is 0 Å². The number of benzene rings is 1. The van der Waals surface area contributed by atoms with Crippen LogP contribution in [0.2, 0.25) is 0 Å². The first kappa shape index (κ1) is 15.2. The molecule has 0 spiro atoms. The molecule has 1 aromatic carbocycles. The molecule has 0 unspecified atom stereocenters. The average Bonchev–Trinajstić information content (AvgIpc) is 2.97. The Morgan fingerprint density at radius 1 is 1.04 bits per heavy atom. The first-order chi connectivity index (χ1) is 11.1. The van der Waals surface area contributed by atoms with Gasteiger partial charge in [0.05, 0.1) is 5.56 Å². The second-order valence-electron chi connectivity index (χ2n) is 5.93. The standard InChI is InChI=1S/C19H21N3O/c1-14(2)20-19(23)15-9-10-17-11-12-18(22(17)13-15)21(3)16-7-5-4-6-8-16/h4-14H,1-3H3,(H,20,23). The van der Waals surface area contributed by atoms with E-state index in [0.29, 0.717) is 5.56 Å². The van der Waals surface area contributed by atoms with Crippen molar-refractivity contribution in [3.63, 3.8) is 0 Å². The molecular weight excluding hydrogens is 286 g/mol. The van der Waals surface area contributed by atoms with Crippen LogP contribution in [0.1, 0.15) is 24.2 Å². The number of carbonyl (C=O) groups is 1. The zero-order chi connectivity index (χ0) is 16.4. The third kappa shape index (κ3) is 3.06. The summed E-state index contributed by atoms with van der Waals surface area (Å²) in [6.45, 7) is 3.92. The van der Waals surface area contributed by atoms with Crippen LogP contribution in [0.15, 0.2) is 60.8 Å². The van der Waals surface area contributed by atoms with Crippen LogP contribution < -0.4 is 10.2 Å². The van der Waals surface area contributed by atoms with Crippen LogP contribution in [0.4, 0.5) is 11.5 Å². The molecule has 0 saturated carbocycles. The molecule has 1 amide bonds. The van der Waals surface area contributed by atoms with Crippen LogP contribution in [-0.4, -0.2) is 23.4 Å². The lowest BCUT2D eigenvalue weighted by molar-refractivity contribution is 0.0942. The van der Waals surface area contributed by atoms with E-state index in [-0.39, 0.29) is 11.9 Å². The fraction of sp³-hybridized carbons (Fsp3) is 0.211. The van der Waals surface area contributed by atoms with Crippen molar-refractivity contribution in [2.24, 2.45) is 0 Å². The van der Waals surface area contributed by atoms with Crippen LogP contribution in [0.3, 0.4) is 0 Å². The summed E-state index contributed by atoms with van der Waals surface area (Å²) in [7, 11) is 2.03. The van der Waals surface area contributed by atoms with Gasteiger partial charge in [-0.2, -0.15) is 0 Å². The van der Waals surface area contributed by atoms with Gasteiger partial charge in [-0.1, -0.05) is 18.2 Å². The van der Waals surface area contributed by atoms with E-state index in [2.05, 4.69) is 34.5 Å². The van der Waals surface area contributed by atoms with Gasteiger partial charge in [0.1, 0.15) is 5.82 Å². The number of pyridine rings is 1. The molecule has 0 aliphatic heterocycles. The van der Waals surface area contributed by atoms with Crippen LogP contribution in [0.25, 0.3) is 5.52 Å². The van der Waals surface area contributed by atoms with E-state index in [4.69, 9.17) is 0 Å². The van der Waals surface area contributed by atoms with E-state index in [1.54, 1.807) is 0 Å². The highest BCUT2D eigenvalue weighted by atomic mass is 16.1. The van der Waals surface area contributed by atoms with Gasteiger partial charge in [-0.05, 0) is 50.2 Å². The summed E-state index contributed by atoms with van der Waals surface area (Å²) < 4.78 is 2.04. The summed E-state index contributed by atoms with van der Waals surface area (Å²) in [5, 5.41) is 2.93. The molecule has 0 saturated heterocycles. The molecule has 4 heteroatoms.